The van der Waals surface area contributed by atoms with E-state index < -0.39 is 23.8 Å². The standard InChI is InChI=1S/C14H16F2N4O2/c1-2-20-8-10(6-18-20)19-14(22)17-7-13(21)11-4-3-9(15)5-12(11)16/h3-6,8,13,21H,2,7H2,1H3,(H2,17,19,22)/t13-/m0/s1. The van der Waals surface area contributed by atoms with Crippen molar-refractivity contribution in [2.75, 3.05) is 11.9 Å². The van der Waals surface area contributed by atoms with Crippen LogP contribution >= 0.6 is 0 Å². The Hall–Kier alpha value is -2.48. The minimum Gasteiger partial charge on any atom is -0.386 e. The van der Waals surface area contributed by atoms with Gasteiger partial charge >= 0.3 is 6.03 Å². The molecule has 1 heterocycles. The Kier molecular flexibility index (Phi) is 5.05. The fraction of sp³-hybridized carbons (Fsp3) is 0.286. The number of hydrogen-bond acceptors (Lipinski definition) is 3. The first kappa shape index (κ1) is 15.9. The fourth-order valence-corrected chi connectivity index (χ4v) is 1.85. The van der Waals surface area contributed by atoms with Crippen LogP contribution in [0.2, 0.25) is 0 Å². The molecule has 2 rings (SSSR count). The highest BCUT2D eigenvalue weighted by molar-refractivity contribution is 5.88. The number of rotatable bonds is 5. The number of aromatic nitrogens is 2. The monoisotopic (exact) mass is 310 g/mol. The van der Waals surface area contributed by atoms with E-state index in [1.165, 1.54) is 6.20 Å². The van der Waals surface area contributed by atoms with E-state index in [2.05, 4.69) is 15.7 Å². The molecule has 0 bridgehead atoms. The molecular formula is C14H16F2N4O2. The largest absolute Gasteiger partial charge is 0.386 e. The molecule has 0 unspecified atom stereocenters. The van der Waals surface area contributed by atoms with Crippen molar-refractivity contribution in [2.45, 2.75) is 19.6 Å². The lowest BCUT2D eigenvalue weighted by atomic mass is 10.1. The Morgan fingerprint density at radius 1 is 1.45 bits per heavy atom. The highest BCUT2D eigenvalue weighted by Gasteiger charge is 2.14. The summed E-state index contributed by atoms with van der Waals surface area (Å²) in [4.78, 5) is 11.7. The normalized spacial score (nSPS) is 12.0. The zero-order valence-electron chi connectivity index (χ0n) is 11.9. The molecule has 1 aromatic carbocycles. The lowest BCUT2D eigenvalue weighted by Crippen LogP contribution is -2.32. The molecule has 0 saturated heterocycles. The molecule has 8 heteroatoms. The molecule has 118 valence electrons. The van der Waals surface area contributed by atoms with Gasteiger partial charge in [0.25, 0.3) is 0 Å². The summed E-state index contributed by atoms with van der Waals surface area (Å²) in [5, 5.41) is 18.7. The van der Waals surface area contributed by atoms with Crippen molar-refractivity contribution in [3.63, 3.8) is 0 Å². The number of anilines is 1. The van der Waals surface area contributed by atoms with Gasteiger partial charge in [0.05, 0.1) is 18.0 Å². The molecule has 0 aliphatic heterocycles. The zero-order valence-corrected chi connectivity index (χ0v) is 11.9. The van der Waals surface area contributed by atoms with Gasteiger partial charge in [0.15, 0.2) is 0 Å². The van der Waals surface area contributed by atoms with Crippen LogP contribution in [0.15, 0.2) is 30.6 Å². The molecule has 1 aromatic heterocycles. The zero-order chi connectivity index (χ0) is 16.1. The number of urea groups is 1. The fourth-order valence-electron chi connectivity index (χ4n) is 1.85. The molecule has 0 saturated carbocycles. The highest BCUT2D eigenvalue weighted by Crippen LogP contribution is 2.17. The first-order valence-corrected chi connectivity index (χ1v) is 6.70. The van der Waals surface area contributed by atoms with E-state index in [1.54, 1.807) is 10.9 Å². The molecule has 0 aliphatic carbocycles. The van der Waals surface area contributed by atoms with Gasteiger partial charge in [0, 0.05) is 30.9 Å². The van der Waals surface area contributed by atoms with E-state index in [1.807, 2.05) is 6.92 Å². The number of nitrogens with one attached hydrogen (secondary N) is 2. The highest BCUT2D eigenvalue weighted by atomic mass is 19.1. The molecular weight excluding hydrogens is 294 g/mol. The third-order valence-corrected chi connectivity index (χ3v) is 2.99. The molecule has 22 heavy (non-hydrogen) atoms. The van der Waals surface area contributed by atoms with Crippen molar-refractivity contribution in [3.8, 4) is 0 Å². The van der Waals surface area contributed by atoms with Crippen LogP contribution in [0.4, 0.5) is 19.3 Å². The number of halogens is 2. The Balaban J connectivity index is 1.87. The number of hydrogen-bond donors (Lipinski definition) is 3. The summed E-state index contributed by atoms with van der Waals surface area (Å²) < 4.78 is 27.9. The van der Waals surface area contributed by atoms with Crippen molar-refractivity contribution in [2.24, 2.45) is 0 Å². The van der Waals surface area contributed by atoms with Gasteiger partial charge in [-0.25, -0.2) is 13.6 Å². The molecule has 0 fully saturated rings. The summed E-state index contributed by atoms with van der Waals surface area (Å²) in [7, 11) is 0. The third kappa shape index (κ3) is 4.01. The summed E-state index contributed by atoms with van der Waals surface area (Å²) in [6, 6.07) is 2.30. The Morgan fingerprint density at radius 3 is 2.86 bits per heavy atom. The molecule has 6 nitrogen and oxygen atoms in total. The lowest BCUT2D eigenvalue weighted by molar-refractivity contribution is 0.170. The van der Waals surface area contributed by atoms with E-state index in [0.29, 0.717) is 18.3 Å². The molecule has 1 atom stereocenters. The minimum absolute atomic E-state index is 0.0829. The van der Waals surface area contributed by atoms with Gasteiger partial charge in [-0.2, -0.15) is 5.10 Å². The Bertz CT molecular complexity index is 660. The number of amides is 2. The maximum absolute atomic E-state index is 13.5. The average molecular weight is 310 g/mol. The van der Waals surface area contributed by atoms with Crippen molar-refractivity contribution in [1.82, 2.24) is 15.1 Å². The first-order chi connectivity index (χ1) is 10.5. The van der Waals surface area contributed by atoms with Crippen LogP contribution in [-0.2, 0) is 6.54 Å². The summed E-state index contributed by atoms with van der Waals surface area (Å²) in [6.07, 6.45) is 1.86. The topological polar surface area (TPSA) is 79.2 Å². The predicted octanol–water partition coefficient (Wildman–Crippen LogP) is 2.04. The number of carbonyl (C=O) groups excluding carboxylic acids is 1. The molecule has 0 radical (unpaired) electrons. The van der Waals surface area contributed by atoms with Gasteiger partial charge in [-0.05, 0) is 13.0 Å². The number of benzene rings is 1. The average Bonchev–Trinajstić information content (AvgIpc) is 2.92. The second kappa shape index (κ2) is 6.99. The van der Waals surface area contributed by atoms with Gasteiger partial charge in [0.2, 0.25) is 0 Å². The number of aliphatic hydroxyl groups excluding tert-OH is 1. The second-order valence-electron chi connectivity index (χ2n) is 4.60. The SMILES string of the molecule is CCn1cc(NC(=O)NC[C@H](O)c2ccc(F)cc2F)cn1. The number of nitrogens with zero attached hydrogens (tertiary/aromatic N) is 2. The number of aliphatic hydroxyl groups is 1. The molecule has 2 aromatic rings. The number of aryl methyl sites for hydroxylation is 1. The van der Waals surface area contributed by atoms with Crippen LogP contribution in [0.1, 0.15) is 18.6 Å². The maximum atomic E-state index is 13.5. The van der Waals surface area contributed by atoms with Crippen LogP contribution < -0.4 is 10.6 Å². The Morgan fingerprint density at radius 2 is 2.23 bits per heavy atom. The van der Waals surface area contributed by atoms with E-state index in [9.17, 15) is 18.7 Å². The maximum Gasteiger partial charge on any atom is 0.319 e. The summed E-state index contributed by atoms with van der Waals surface area (Å²) in [5.74, 6) is -1.59. The van der Waals surface area contributed by atoms with E-state index in [0.717, 1.165) is 12.1 Å². The van der Waals surface area contributed by atoms with Gasteiger partial charge in [-0.3, -0.25) is 4.68 Å². The van der Waals surface area contributed by atoms with Gasteiger partial charge in [0.1, 0.15) is 11.6 Å². The van der Waals surface area contributed by atoms with Crippen LogP contribution in [0.3, 0.4) is 0 Å². The number of carbonyl (C=O) groups is 1. The lowest BCUT2D eigenvalue weighted by Gasteiger charge is -2.13. The van der Waals surface area contributed by atoms with E-state index >= 15 is 0 Å². The van der Waals surface area contributed by atoms with Crippen molar-refractivity contribution >= 4 is 11.7 Å². The van der Waals surface area contributed by atoms with Crippen molar-refractivity contribution < 1.29 is 18.7 Å². The minimum atomic E-state index is -1.27. The van der Waals surface area contributed by atoms with Crippen LogP contribution in [-0.4, -0.2) is 27.5 Å². The van der Waals surface area contributed by atoms with Gasteiger partial charge in [-0.15, -0.1) is 0 Å². The van der Waals surface area contributed by atoms with Crippen LogP contribution in [0, 0.1) is 11.6 Å². The summed E-state index contributed by atoms with van der Waals surface area (Å²) >= 11 is 0. The predicted molar refractivity (Wildman–Crippen MR) is 76.2 cm³/mol. The molecule has 0 aliphatic rings. The third-order valence-electron chi connectivity index (χ3n) is 2.99. The van der Waals surface area contributed by atoms with Gasteiger partial charge in [-0.1, -0.05) is 6.07 Å². The van der Waals surface area contributed by atoms with Crippen molar-refractivity contribution in [1.29, 1.82) is 0 Å². The van der Waals surface area contributed by atoms with Crippen LogP contribution in [0.5, 0.6) is 0 Å². The van der Waals surface area contributed by atoms with E-state index in [4.69, 9.17) is 0 Å². The van der Waals surface area contributed by atoms with E-state index in [-0.39, 0.29) is 12.1 Å². The molecule has 3 N–H and O–H groups in total. The van der Waals surface area contributed by atoms with Gasteiger partial charge < -0.3 is 15.7 Å². The molecule has 0 spiro atoms. The summed E-state index contributed by atoms with van der Waals surface area (Å²) in [6.45, 7) is 2.37. The van der Waals surface area contributed by atoms with Crippen LogP contribution in [0.25, 0.3) is 0 Å². The second-order valence-corrected chi connectivity index (χ2v) is 4.60. The van der Waals surface area contributed by atoms with Crippen molar-refractivity contribution in [3.05, 3.63) is 47.8 Å². The smallest absolute Gasteiger partial charge is 0.319 e. The summed E-state index contributed by atoms with van der Waals surface area (Å²) in [5.41, 5.74) is 0.419. The quantitative estimate of drug-likeness (QED) is 0.790. The molecule has 2 amide bonds. The Labute approximate surface area is 125 Å². The first-order valence-electron chi connectivity index (χ1n) is 6.70.